The fourth-order valence-electron chi connectivity index (χ4n) is 4.42. The van der Waals surface area contributed by atoms with Crippen LogP contribution in [0.15, 0.2) is 70.4 Å². The number of ether oxygens (including phenoxy) is 2. The number of carbonyl (C=O) groups excluding carboxylic acids is 1. The average molecular weight is 538 g/mol. The zero-order valence-electron chi connectivity index (χ0n) is 19.9. The standard InChI is InChI=1S/C26H24ClN5O4S/c27-19-4-6-20(7-5-19)32-25(22-2-1-13-34-22)28-29-26(32)37-16-24(33)31-11-9-30(10-12-31)15-18-3-8-21-23(14-18)36-17-35-21/h1-8,13-14H,9-12,15-17H2. The molecule has 11 heteroatoms. The number of thioether (sulfide) groups is 1. The van der Waals surface area contributed by atoms with Gasteiger partial charge in [-0.15, -0.1) is 10.2 Å². The number of fused-ring (bicyclic) bond motifs is 1. The number of furan rings is 1. The zero-order chi connectivity index (χ0) is 25.2. The number of amides is 1. The van der Waals surface area contributed by atoms with Crippen LogP contribution in [0.3, 0.4) is 0 Å². The quantitative estimate of drug-likeness (QED) is 0.322. The van der Waals surface area contributed by atoms with E-state index in [1.165, 1.54) is 17.3 Å². The van der Waals surface area contributed by atoms with Crippen LogP contribution < -0.4 is 9.47 Å². The van der Waals surface area contributed by atoms with Gasteiger partial charge in [-0.1, -0.05) is 29.4 Å². The number of hydrogen-bond donors (Lipinski definition) is 0. The highest BCUT2D eigenvalue weighted by Gasteiger charge is 2.24. The van der Waals surface area contributed by atoms with Crippen molar-refractivity contribution in [1.82, 2.24) is 24.6 Å². The van der Waals surface area contributed by atoms with Gasteiger partial charge in [-0.2, -0.15) is 0 Å². The largest absolute Gasteiger partial charge is 0.461 e. The minimum Gasteiger partial charge on any atom is -0.461 e. The van der Waals surface area contributed by atoms with Crippen LogP contribution in [0, 0.1) is 0 Å². The van der Waals surface area contributed by atoms with Crippen LogP contribution >= 0.6 is 23.4 Å². The molecule has 4 heterocycles. The number of aromatic nitrogens is 3. The second-order valence-corrected chi connectivity index (χ2v) is 10.1. The maximum absolute atomic E-state index is 13.1. The molecule has 2 aromatic heterocycles. The zero-order valence-corrected chi connectivity index (χ0v) is 21.5. The van der Waals surface area contributed by atoms with Gasteiger partial charge < -0.3 is 18.8 Å². The van der Waals surface area contributed by atoms with Gasteiger partial charge >= 0.3 is 0 Å². The third-order valence-corrected chi connectivity index (χ3v) is 7.52. The number of hydrogen-bond acceptors (Lipinski definition) is 8. The molecule has 2 aliphatic rings. The number of rotatable bonds is 7. The van der Waals surface area contributed by atoms with Gasteiger partial charge in [0.15, 0.2) is 22.4 Å². The van der Waals surface area contributed by atoms with Crippen LogP contribution in [0.25, 0.3) is 17.3 Å². The second-order valence-electron chi connectivity index (χ2n) is 8.73. The third-order valence-electron chi connectivity index (χ3n) is 6.35. The van der Waals surface area contributed by atoms with Crippen molar-refractivity contribution in [2.75, 3.05) is 38.7 Å². The van der Waals surface area contributed by atoms with Gasteiger partial charge in [0.2, 0.25) is 18.5 Å². The van der Waals surface area contributed by atoms with Gasteiger partial charge in [0.1, 0.15) is 0 Å². The number of piperazine rings is 1. The Morgan fingerprint density at radius 1 is 0.973 bits per heavy atom. The lowest BCUT2D eigenvalue weighted by Crippen LogP contribution is -2.48. The number of halogens is 1. The van der Waals surface area contributed by atoms with E-state index in [2.05, 4.69) is 21.2 Å². The van der Waals surface area contributed by atoms with Crippen LogP contribution in [-0.4, -0.2) is 69.2 Å². The molecule has 0 saturated carbocycles. The fraction of sp³-hybridized carbons (Fsp3) is 0.269. The Labute approximate surface area is 222 Å². The van der Waals surface area contributed by atoms with E-state index in [9.17, 15) is 4.79 Å². The topological polar surface area (TPSA) is 85.9 Å². The Balaban J connectivity index is 1.08. The highest BCUT2D eigenvalue weighted by molar-refractivity contribution is 7.99. The Hall–Kier alpha value is -3.47. The van der Waals surface area contributed by atoms with Crippen molar-refractivity contribution >= 4 is 29.3 Å². The van der Waals surface area contributed by atoms with Crippen molar-refractivity contribution in [2.45, 2.75) is 11.7 Å². The lowest BCUT2D eigenvalue weighted by molar-refractivity contribution is -0.130. The molecule has 1 amide bonds. The molecule has 2 aliphatic heterocycles. The molecule has 0 N–H and O–H groups in total. The molecule has 6 rings (SSSR count). The van der Waals surface area contributed by atoms with E-state index in [1.807, 2.05) is 51.9 Å². The van der Waals surface area contributed by atoms with E-state index in [1.54, 1.807) is 12.3 Å². The van der Waals surface area contributed by atoms with Crippen molar-refractivity contribution in [2.24, 2.45) is 0 Å². The van der Waals surface area contributed by atoms with Crippen molar-refractivity contribution in [3.05, 3.63) is 71.4 Å². The molecule has 0 unspecified atom stereocenters. The smallest absolute Gasteiger partial charge is 0.233 e. The SMILES string of the molecule is O=C(CSc1nnc(-c2ccco2)n1-c1ccc(Cl)cc1)N1CCN(Cc2ccc3c(c2)OCO3)CC1. The highest BCUT2D eigenvalue weighted by atomic mass is 35.5. The minimum absolute atomic E-state index is 0.0814. The predicted molar refractivity (Wildman–Crippen MR) is 139 cm³/mol. The Morgan fingerprint density at radius 3 is 2.57 bits per heavy atom. The molecule has 1 fully saturated rings. The van der Waals surface area contributed by atoms with Crippen LogP contribution in [0.1, 0.15) is 5.56 Å². The van der Waals surface area contributed by atoms with Gasteiger partial charge in [0.05, 0.1) is 12.0 Å². The second kappa shape index (κ2) is 10.5. The normalized spacial score (nSPS) is 15.3. The van der Waals surface area contributed by atoms with E-state index < -0.39 is 0 Å². The molecule has 0 bridgehead atoms. The number of nitrogens with zero attached hydrogens (tertiary/aromatic N) is 5. The molecule has 9 nitrogen and oxygen atoms in total. The van der Waals surface area contributed by atoms with Gasteiger partial charge in [0.25, 0.3) is 0 Å². The first-order valence-corrected chi connectivity index (χ1v) is 13.3. The van der Waals surface area contributed by atoms with Gasteiger partial charge in [-0.05, 0) is 54.1 Å². The summed E-state index contributed by atoms with van der Waals surface area (Å²) in [5, 5.41) is 9.94. The lowest BCUT2D eigenvalue weighted by atomic mass is 10.1. The average Bonchev–Trinajstić information content (AvgIpc) is 3.69. The Kier molecular flexibility index (Phi) is 6.77. The third kappa shape index (κ3) is 5.18. The molecule has 1 saturated heterocycles. The molecule has 0 spiro atoms. The molecule has 4 aromatic rings. The van der Waals surface area contributed by atoms with Gasteiger partial charge in [0, 0.05) is 43.4 Å². The summed E-state index contributed by atoms with van der Waals surface area (Å²) >= 11 is 7.46. The summed E-state index contributed by atoms with van der Waals surface area (Å²) in [7, 11) is 0. The summed E-state index contributed by atoms with van der Waals surface area (Å²) in [5.41, 5.74) is 2.02. The van der Waals surface area contributed by atoms with Crippen LogP contribution in [-0.2, 0) is 11.3 Å². The molecule has 0 aliphatic carbocycles. The summed E-state index contributed by atoms with van der Waals surface area (Å²) in [6.45, 7) is 4.09. The van der Waals surface area contributed by atoms with Gasteiger partial charge in [-0.3, -0.25) is 14.3 Å². The number of benzene rings is 2. The molecular weight excluding hydrogens is 514 g/mol. The van der Waals surface area contributed by atoms with Gasteiger partial charge in [-0.25, -0.2) is 0 Å². The van der Waals surface area contributed by atoms with Crippen molar-refractivity contribution in [3.8, 4) is 28.8 Å². The summed E-state index contributed by atoms with van der Waals surface area (Å²) in [6, 6.07) is 17.1. The lowest BCUT2D eigenvalue weighted by Gasteiger charge is -2.34. The van der Waals surface area contributed by atoms with Crippen LogP contribution in [0.4, 0.5) is 0 Å². The first-order valence-electron chi connectivity index (χ1n) is 11.9. The number of carbonyl (C=O) groups is 1. The fourth-order valence-corrected chi connectivity index (χ4v) is 5.40. The monoisotopic (exact) mass is 537 g/mol. The summed E-state index contributed by atoms with van der Waals surface area (Å²) < 4.78 is 18.3. The maximum atomic E-state index is 13.1. The molecule has 2 aromatic carbocycles. The first-order chi connectivity index (χ1) is 18.1. The summed E-state index contributed by atoms with van der Waals surface area (Å²) in [6.07, 6.45) is 1.60. The first kappa shape index (κ1) is 23.9. The van der Waals surface area contributed by atoms with Crippen LogP contribution in [0.2, 0.25) is 5.02 Å². The minimum atomic E-state index is 0.0814. The maximum Gasteiger partial charge on any atom is 0.233 e. The summed E-state index contributed by atoms with van der Waals surface area (Å²) in [5.74, 6) is 3.10. The molecule has 190 valence electrons. The van der Waals surface area contributed by atoms with E-state index in [4.69, 9.17) is 25.5 Å². The van der Waals surface area contributed by atoms with Crippen LogP contribution in [0.5, 0.6) is 11.5 Å². The summed E-state index contributed by atoms with van der Waals surface area (Å²) in [4.78, 5) is 17.3. The van der Waals surface area contributed by atoms with E-state index in [0.29, 0.717) is 34.9 Å². The molecule has 0 atom stereocenters. The molecule has 0 radical (unpaired) electrons. The predicted octanol–water partition coefficient (Wildman–Crippen LogP) is 4.35. The Morgan fingerprint density at radius 2 is 1.78 bits per heavy atom. The molecular formula is C26H24ClN5O4S. The van der Waals surface area contributed by atoms with E-state index in [-0.39, 0.29) is 18.5 Å². The molecule has 37 heavy (non-hydrogen) atoms. The Bertz CT molecular complexity index is 1380. The van der Waals surface area contributed by atoms with E-state index >= 15 is 0 Å². The van der Waals surface area contributed by atoms with Crippen molar-refractivity contribution in [3.63, 3.8) is 0 Å². The van der Waals surface area contributed by atoms with Crippen molar-refractivity contribution in [1.29, 1.82) is 0 Å². The van der Waals surface area contributed by atoms with Crippen molar-refractivity contribution < 1.29 is 18.7 Å². The van der Waals surface area contributed by atoms with E-state index in [0.717, 1.165) is 36.8 Å². The highest BCUT2D eigenvalue weighted by Crippen LogP contribution is 2.33.